The first kappa shape index (κ1) is 12.0. The Morgan fingerprint density at radius 3 is 2.63 bits per heavy atom. The average molecular weight is 255 g/mol. The molecule has 0 aromatic carbocycles. The maximum absolute atomic E-state index is 4.54. The molecule has 3 heterocycles. The lowest BCUT2D eigenvalue weighted by Crippen LogP contribution is -2.43. The van der Waals surface area contributed by atoms with Crippen molar-refractivity contribution in [2.75, 3.05) is 31.1 Å². The molecular formula is C14H17N5. The van der Waals surface area contributed by atoms with Gasteiger partial charge >= 0.3 is 0 Å². The number of hydrogen-bond acceptors (Lipinski definition) is 5. The highest BCUT2D eigenvalue weighted by Gasteiger charge is 2.12. The summed E-state index contributed by atoms with van der Waals surface area (Å²) in [6.45, 7) is 6.03. The fraction of sp³-hybridized carbons (Fsp3) is 0.357. The smallest absolute Gasteiger partial charge is 0.147 e. The third-order valence-electron chi connectivity index (χ3n) is 3.38. The van der Waals surface area contributed by atoms with Crippen molar-refractivity contribution in [3.05, 3.63) is 36.4 Å². The van der Waals surface area contributed by atoms with Crippen LogP contribution in [0.15, 0.2) is 30.9 Å². The third-order valence-corrected chi connectivity index (χ3v) is 3.38. The van der Waals surface area contributed by atoms with E-state index in [1.54, 1.807) is 6.20 Å². The Balaban J connectivity index is 1.84. The van der Waals surface area contributed by atoms with Crippen LogP contribution < -0.4 is 10.2 Å². The van der Waals surface area contributed by atoms with E-state index in [1.807, 2.05) is 31.6 Å². The van der Waals surface area contributed by atoms with Crippen LogP contribution in [0.2, 0.25) is 0 Å². The molecule has 0 radical (unpaired) electrons. The van der Waals surface area contributed by atoms with E-state index >= 15 is 0 Å². The maximum atomic E-state index is 4.54. The summed E-state index contributed by atoms with van der Waals surface area (Å²) in [5.74, 6) is 0.956. The van der Waals surface area contributed by atoms with Gasteiger partial charge in [0.2, 0.25) is 0 Å². The van der Waals surface area contributed by atoms with Crippen molar-refractivity contribution in [3.8, 4) is 11.3 Å². The Kier molecular flexibility index (Phi) is 3.37. The van der Waals surface area contributed by atoms with E-state index in [4.69, 9.17) is 0 Å². The molecular weight excluding hydrogens is 238 g/mol. The molecule has 1 aliphatic heterocycles. The van der Waals surface area contributed by atoms with Gasteiger partial charge in [0.15, 0.2) is 0 Å². The van der Waals surface area contributed by atoms with Crippen molar-refractivity contribution < 1.29 is 0 Å². The van der Waals surface area contributed by atoms with E-state index in [1.165, 1.54) is 0 Å². The standard InChI is InChI=1S/C14H17N5/c1-11-8-16-3-2-12(11)13-9-18-14(10-17-13)19-6-4-15-5-7-19/h2-3,8-10,15H,4-7H2,1H3. The first-order chi connectivity index (χ1) is 9.34. The topological polar surface area (TPSA) is 53.9 Å². The molecule has 5 nitrogen and oxygen atoms in total. The summed E-state index contributed by atoms with van der Waals surface area (Å²) < 4.78 is 0. The minimum Gasteiger partial charge on any atom is -0.353 e. The van der Waals surface area contributed by atoms with E-state index in [0.29, 0.717) is 0 Å². The van der Waals surface area contributed by atoms with Crippen LogP contribution in [0.4, 0.5) is 5.82 Å². The van der Waals surface area contributed by atoms with Crippen LogP contribution in [0.3, 0.4) is 0 Å². The molecule has 0 unspecified atom stereocenters. The third kappa shape index (κ3) is 2.56. The van der Waals surface area contributed by atoms with Gasteiger partial charge in [-0.15, -0.1) is 0 Å². The summed E-state index contributed by atoms with van der Waals surface area (Å²) in [5.41, 5.74) is 3.11. The molecule has 0 spiro atoms. The lowest BCUT2D eigenvalue weighted by atomic mass is 10.1. The van der Waals surface area contributed by atoms with E-state index in [9.17, 15) is 0 Å². The molecule has 1 fully saturated rings. The number of anilines is 1. The summed E-state index contributed by atoms with van der Waals surface area (Å²) >= 11 is 0. The van der Waals surface area contributed by atoms with E-state index < -0.39 is 0 Å². The van der Waals surface area contributed by atoms with Gasteiger partial charge in [0.05, 0.1) is 18.1 Å². The fourth-order valence-electron chi connectivity index (χ4n) is 2.28. The second kappa shape index (κ2) is 5.32. The molecule has 2 aromatic rings. The van der Waals surface area contributed by atoms with Crippen molar-refractivity contribution in [1.29, 1.82) is 0 Å². The number of pyridine rings is 1. The Labute approximate surface area is 112 Å². The van der Waals surface area contributed by atoms with Crippen molar-refractivity contribution in [3.63, 3.8) is 0 Å². The highest BCUT2D eigenvalue weighted by atomic mass is 15.2. The first-order valence-corrected chi connectivity index (χ1v) is 6.53. The summed E-state index contributed by atoms with van der Waals surface area (Å²) in [6, 6.07) is 1.98. The molecule has 1 saturated heterocycles. The van der Waals surface area contributed by atoms with Crippen LogP contribution in [0.25, 0.3) is 11.3 Å². The van der Waals surface area contributed by atoms with Gasteiger partial charge in [0, 0.05) is 44.1 Å². The number of hydrogen-bond donors (Lipinski definition) is 1. The van der Waals surface area contributed by atoms with Gasteiger partial charge in [-0.3, -0.25) is 9.97 Å². The summed E-state index contributed by atoms with van der Waals surface area (Å²) in [5, 5.41) is 3.33. The molecule has 1 N–H and O–H groups in total. The van der Waals surface area contributed by atoms with Crippen molar-refractivity contribution in [1.82, 2.24) is 20.3 Å². The second-order valence-corrected chi connectivity index (χ2v) is 4.69. The number of aromatic nitrogens is 3. The van der Waals surface area contributed by atoms with Gasteiger partial charge in [-0.1, -0.05) is 0 Å². The zero-order valence-electron chi connectivity index (χ0n) is 11.0. The Morgan fingerprint density at radius 2 is 1.95 bits per heavy atom. The van der Waals surface area contributed by atoms with Crippen LogP contribution in [0.1, 0.15) is 5.56 Å². The Bertz CT molecular complexity index is 546. The van der Waals surface area contributed by atoms with Gasteiger partial charge in [-0.05, 0) is 18.6 Å². The summed E-state index contributed by atoms with van der Waals surface area (Å²) in [6.07, 6.45) is 7.34. The average Bonchev–Trinajstić information content (AvgIpc) is 2.49. The molecule has 0 atom stereocenters. The summed E-state index contributed by atoms with van der Waals surface area (Å²) in [7, 11) is 0. The van der Waals surface area contributed by atoms with Crippen LogP contribution in [0, 0.1) is 6.92 Å². The van der Waals surface area contributed by atoms with Gasteiger partial charge in [-0.2, -0.15) is 0 Å². The molecule has 0 aliphatic carbocycles. The Hall–Kier alpha value is -2.01. The normalized spacial score (nSPS) is 15.5. The number of nitrogens with zero attached hydrogens (tertiary/aromatic N) is 4. The van der Waals surface area contributed by atoms with Crippen LogP contribution in [0.5, 0.6) is 0 Å². The number of piperazine rings is 1. The predicted octanol–water partition coefficient (Wildman–Crippen LogP) is 1.26. The fourth-order valence-corrected chi connectivity index (χ4v) is 2.28. The minimum absolute atomic E-state index is 0.902. The number of nitrogens with one attached hydrogen (secondary N) is 1. The van der Waals surface area contributed by atoms with Gasteiger partial charge in [0.1, 0.15) is 5.82 Å². The van der Waals surface area contributed by atoms with E-state index in [0.717, 1.165) is 48.8 Å². The maximum Gasteiger partial charge on any atom is 0.147 e. The molecule has 0 amide bonds. The number of aryl methyl sites for hydroxylation is 1. The summed E-state index contributed by atoms with van der Waals surface area (Å²) in [4.78, 5) is 15.4. The molecule has 0 saturated carbocycles. The van der Waals surface area contributed by atoms with Crippen LogP contribution >= 0.6 is 0 Å². The first-order valence-electron chi connectivity index (χ1n) is 6.53. The lowest BCUT2D eigenvalue weighted by molar-refractivity contribution is 0.584. The SMILES string of the molecule is Cc1cnccc1-c1cnc(N2CCNCC2)cn1. The lowest BCUT2D eigenvalue weighted by Gasteiger charge is -2.28. The number of rotatable bonds is 2. The molecule has 98 valence electrons. The van der Waals surface area contributed by atoms with E-state index in [-0.39, 0.29) is 0 Å². The molecule has 5 heteroatoms. The quantitative estimate of drug-likeness (QED) is 0.875. The second-order valence-electron chi connectivity index (χ2n) is 4.69. The van der Waals surface area contributed by atoms with E-state index in [2.05, 4.69) is 25.2 Å². The monoisotopic (exact) mass is 255 g/mol. The van der Waals surface area contributed by atoms with Crippen molar-refractivity contribution in [2.24, 2.45) is 0 Å². The van der Waals surface area contributed by atoms with Crippen LogP contribution in [-0.4, -0.2) is 41.1 Å². The zero-order valence-corrected chi connectivity index (χ0v) is 11.0. The van der Waals surface area contributed by atoms with Crippen LogP contribution in [-0.2, 0) is 0 Å². The molecule has 0 bridgehead atoms. The van der Waals surface area contributed by atoms with Crippen molar-refractivity contribution >= 4 is 5.82 Å². The van der Waals surface area contributed by atoms with Crippen molar-refractivity contribution in [2.45, 2.75) is 6.92 Å². The predicted molar refractivity (Wildman–Crippen MR) is 75.1 cm³/mol. The molecule has 1 aliphatic rings. The van der Waals surface area contributed by atoms with Gasteiger partial charge < -0.3 is 10.2 Å². The highest BCUT2D eigenvalue weighted by molar-refractivity contribution is 5.62. The largest absolute Gasteiger partial charge is 0.353 e. The highest BCUT2D eigenvalue weighted by Crippen LogP contribution is 2.20. The minimum atomic E-state index is 0.902. The Morgan fingerprint density at radius 1 is 1.11 bits per heavy atom. The van der Waals surface area contributed by atoms with Gasteiger partial charge in [-0.25, -0.2) is 4.98 Å². The molecule has 2 aromatic heterocycles. The molecule has 3 rings (SSSR count). The van der Waals surface area contributed by atoms with Gasteiger partial charge in [0.25, 0.3) is 0 Å². The zero-order chi connectivity index (χ0) is 13.1. The molecule has 19 heavy (non-hydrogen) atoms.